The monoisotopic (exact) mass is 499 g/mol. The summed E-state index contributed by atoms with van der Waals surface area (Å²) in [6, 6.07) is -0.537. The Morgan fingerprint density at radius 2 is 1.81 bits per heavy atom. The minimum absolute atomic E-state index is 0.208. The van der Waals surface area contributed by atoms with Crippen molar-refractivity contribution in [2.45, 2.75) is 129 Å². The number of unbranched alkanes of at least 4 members (excludes halogenated alkanes) is 1. The molecule has 4 aliphatic rings. The van der Waals surface area contributed by atoms with Crippen molar-refractivity contribution >= 4 is 12.2 Å². The van der Waals surface area contributed by atoms with E-state index in [1.807, 2.05) is 6.08 Å². The molecule has 0 saturated heterocycles. The molecular formula is C31H53N3O2. The van der Waals surface area contributed by atoms with Gasteiger partial charge in [0.25, 0.3) is 0 Å². The number of nitrogens with one attached hydrogen (secondary N) is 1. The lowest BCUT2D eigenvalue weighted by Crippen LogP contribution is -2.52. The van der Waals surface area contributed by atoms with Crippen LogP contribution in [0.1, 0.15) is 117 Å². The molecule has 0 heterocycles. The van der Waals surface area contributed by atoms with Gasteiger partial charge in [0.2, 0.25) is 5.91 Å². The van der Waals surface area contributed by atoms with E-state index in [4.69, 9.17) is 11.5 Å². The smallest absolute Gasteiger partial charge is 0.244 e. The van der Waals surface area contributed by atoms with Crippen molar-refractivity contribution in [1.82, 2.24) is 5.32 Å². The first-order valence-corrected chi connectivity index (χ1v) is 15.1. The highest BCUT2D eigenvalue weighted by atomic mass is 16.2. The number of carbonyl (C=O) groups excluding carboxylic acids is 2. The number of nitrogens with two attached hydrogens (primary N) is 2. The molecule has 0 aromatic carbocycles. The summed E-state index contributed by atoms with van der Waals surface area (Å²) in [7, 11) is 0. The van der Waals surface area contributed by atoms with Gasteiger partial charge < -0.3 is 21.6 Å². The van der Waals surface area contributed by atoms with Crippen molar-refractivity contribution in [2.75, 3.05) is 0 Å². The maximum atomic E-state index is 12.2. The second-order valence-corrected chi connectivity index (χ2v) is 13.9. The van der Waals surface area contributed by atoms with Crippen LogP contribution in [0, 0.1) is 40.4 Å². The summed E-state index contributed by atoms with van der Waals surface area (Å²) in [5, 5.41) is 2.76. The lowest BCUT2D eigenvalue weighted by atomic mass is 9.45. The van der Waals surface area contributed by atoms with Crippen LogP contribution in [0.2, 0.25) is 0 Å². The molecule has 8 atom stereocenters. The predicted octanol–water partition coefficient (Wildman–Crippen LogP) is 5.86. The third-order valence-electron chi connectivity index (χ3n) is 11.5. The molecule has 5 nitrogen and oxygen atoms in total. The summed E-state index contributed by atoms with van der Waals surface area (Å²) in [6.45, 7) is 7.03. The van der Waals surface area contributed by atoms with Gasteiger partial charge >= 0.3 is 0 Å². The number of hydrogen-bond acceptors (Lipinski definition) is 4. The highest BCUT2D eigenvalue weighted by Crippen LogP contribution is 2.67. The van der Waals surface area contributed by atoms with Gasteiger partial charge in [-0.1, -0.05) is 32.8 Å². The number of amides is 1. The molecule has 4 aliphatic carbocycles. The first-order chi connectivity index (χ1) is 17.1. The van der Waals surface area contributed by atoms with Gasteiger partial charge in [-0.3, -0.25) is 4.79 Å². The summed E-state index contributed by atoms with van der Waals surface area (Å²) in [5.41, 5.74) is 11.9. The molecule has 5 N–H and O–H groups in total. The van der Waals surface area contributed by atoms with Gasteiger partial charge in [0.15, 0.2) is 0 Å². The van der Waals surface area contributed by atoms with E-state index in [1.54, 1.807) is 13.0 Å². The van der Waals surface area contributed by atoms with Gasteiger partial charge in [-0.05, 0) is 137 Å². The minimum atomic E-state index is -0.829. The fourth-order valence-electron chi connectivity index (χ4n) is 9.42. The normalized spacial score (nSPS) is 39.2. The van der Waals surface area contributed by atoms with Crippen molar-refractivity contribution in [3.63, 3.8) is 0 Å². The van der Waals surface area contributed by atoms with Crippen molar-refractivity contribution in [3.8, 4) is 0 Å². The molecule has 1 amide bonds. The van der Waals surface area contributed by atoms with Crippen LogP contribution < -0.4 is 16.8 Å². The fourth-order valence-corrected chi connectivity index (χ4v) is 9.42. The molecule has 4 rings (SSSR count). The van der Waals surface area contributed by atoms with Crippen molar-refractivity contribution in [3.05, 3.63) is 12.2 Å². The van der Waals surface area contributed by atoms with E-state index >= 15 is 0 Å². The maximum absolute atomic E-state index is 12.2. The number of carbonyl (C=O) groups is 2. The summed E-state index contributed by atoms with van der Waals surface area (Å²) in [6.07, 6.45) is 23.2. The Kier molecular flexibility index (Phi) is 8.71. The Bertz CT molecular complexity index is 804. The van der Waals surface area contributed by atoms with E-state index in [-0.39, 0.29) is 5.91 Å². The quantitative estimate of drug-likeness (QED) is 0.152. The lowest BCUT2D eigenvalue weighted by Gasteiger charge is -2.60. The molecule has 8 unspecified atom stereocenters. The van der Waals surface area contributed by atoms with Gasteiger partial charge in [0, 0.05) is 0 Å². The van der Waals surface area contributed by atoms with Gasteiger partial charge in [0.1, 0.15) is 6.29 Å². The summed E-state index contributed by atoms with van der Waals surface area (Å²) in [4.78, 5) is 23.5. The van der Waals surface area contributed by atoms with E-state index in [9.17, 15) is 9.59 Å². The third-order valence-corrected chi connectivity index (χ3v) is 11.5. The van der Waals surface area contributed by atoms with Crippen LogP contribution in [0.5, 0.6) is 0 Å². The van der Waals surface area contributed by atoms with Gasteiger partial charge in [-0.15, -0.1) is 0 Å². The van der Waals surface area contributed by atoms with Crippen LogP contribution in [-0.4, -0.2) is 23.9 Å². The second kappa shape index (κ2) is 11.3. The van der Waals surface area contributed by atoms with Crippen LogP contribution >= 0.6 is 0 Å². The van der Waals surface area contributed by atoms with E-state index in [2.05, 4.69) is 19.2 Å². The van der Waals surface area contributed by atoms with E-state index in [0.717, 1.165) is 48.7 Å². The van der Waals surface area contributed by atoms with Crippen molar-refractivity contribution in [2.24, 2.45) is 51.9 Å². The number of allylic oxidation sites excluding steroid dienone is 1. The van der Waals surface area contributed by atoms with Crippen molar-refractivity contribution in [1.29, 1.82) is 0 Å². The van der Waals surface area contributed by atoms with Crippen LogP contribution in [0.4, 0.5) is 0 Å². The number of rotatable bonds is 10. The lowest BCUT2D eigenvalue weighted by molar-refractivity contribution is -0.120. The molecule has 0 aromatic heterocycles. The Morgan fingerprint density at radius 1 is 1.03 bits per heavy atom. The Balaban J connectivity index is 1.23. The second-order valence-electron chi connectivity index (χ2n) is 13.9. The number of hydrogen-bond donors (Lipinski definition) is 3. The molecule has 4 saturated carbocycles. The van der Waals surface area contributed by atoms with Crippen LogP contribution in [0.15, 0.2) is 12.2 Å². The highest BCUT2D eigenvalue weighted by Gasteiger charge is 2.59. The zero-order chi connectivity index (χ0) is 26.0. The molecule has 0 aliphatic heterocycles. The third kappa shape index (κ3) is 5.93. The largest absolute Gasteiger partial charge is 0.343 e. The molecule has 0 aromatic rings. The van der Waals surface area contributed by atoms with Gasteiger partial charge in [-0.2, -0.15) is 0 Å². The molecule has 5 heteroatoms. The zero-order valence-electron chi connectivity index (χ0n) is 23.3. The maximum Gasteiger partial charge on any atom is 0.244 e. The molecule has 204 valence electrons. The van der Waals surface area contributed by atoms with Crippen LogP contribution in [-0.2, 0) is 9.59 Å². The number of aldehydes is 1. The van der Waals surface area contributed by atoms with Crippen LogP contribution in [0.3, 0.4) is 0 Å². The molecule has 0 bridgehead atoms. The van der Waals surface area contributed by atoms with Crippen molar-refractivity contribution < 1.29 is 9.59 Å². The highest BCUT2D eigenvalue weighted by molar-refractivity contribution is 5.89. The molecular weight excluding hydrogens is 446 g/mol. The Labute approximate surface area is 220 Å². The fraction of sp³-hybridized carbons (Fsp3) is 0.871. The zero-order valence-corrected chi connectivity index (χ0v) is 23.3. The SMILES string of the molecule is CC(N)(N)CCC(C=O)NC(=O)/C=C/CCCC1CCC2C3CCC4CCCCC4(C)C3CCC12C. The average Bonchev–Trinajstić information content (AvgIpc) is 3.16. The average molecular weight is 500 g/mol. The van der Waals surface area contributed by atoms with E-state index < -0.39 is 11.7 Å². The molecule has 0 radical (unpaired) electrons. The number of fused-ring (bicyclic) bond motifs is 5. The minimum Gasteiger partial charge on any atom is -0.343 e. The summed E-state index contributed by atoms with van der Waals surface area (Å²) in [5.74, 6) is 4.52. The Morgan fingerprint density at radius 3 is 2.56 bits per heavy atom. The Hall–Kier alpha value is -1.20. The molecule has 0 spiro atoms. The molecule has 4 fully saturated rings. The predicted molar refractivity (Wildman–Crippen MR) is 147 cm³/mol. The van der Waals surface area contributed by atoms with E-state index in [1.165, 1.54) is 70.6 Å². The molecule has 36 heavy (non-hydrogen) atoms. The van der Waals surface area contributed by atoms with Gasteiger partial charge in [-0.25, -0.2) is 0 Å². The summed E-state index contributed by atoms with van der Waals surface area (Å²) < 4.78 is 0. The first-order valence-electron chi connectivity index (χ1n) is 15.1. The summed E-state index contributed by atoms with van der Waals surface area (Å²) >= 11 is 0. The van der Waals surface area contributed by atoms with Crippen LogP contribution in [0.25, 0.3) is 0 Å². The standard InChI is InChI=1S/C31H53N3O2/c1-29-18-8-7-10-22(29)12-14-25-26-15-13-23(30(26,2)19-17-27(25)29)9-5-4-6-11-28(36)34-24(21-35)16-20-31(3,32)33/h6,11,21-27H,4-5,7-10,12-20,32-33H2,1-3H3,(H,34,36)/b11-6+. The first kappa shape index (κ1) is 27.8. The topological polar surface area (TPSA) is 98.2 Å². The van der Waals surface area contributed by atoms with E-state index in [0.29, 0.717) is 23.7 Å². The van der Waals surface area contributed by atoms with Gasteiger partial charge in [0.05, 0.1) is 11.7 Å².